The van der Waals surface area contributed by atoms with E-state index < -0.39 is 11.5 Å². The zero-order chi connectivity index (χ0) is 25.3. The van der Waals surface area contributed by atoms with Gasteiger partial charge in [-0.3, -0.25) is 9.59 Å². The van der Waals surface area contributed by atoms with E-state index in [1.807, 2.05) is 6.07 Å². The lowest BCUT2D eigenvalue weighted by Crippen LogP contribution is -2.41. The summed E-state index contributed by atoms with van der Waals surface area (Å²) in [6, 6.07) is 17.7. The molecule has 1 amide bonds. The molecule has 184 valence electrons. The van der Waals surface area contributed by atoms with Gasteiger partial charge in [0.05, 0.1) is 32.9 Å². The molecule has 0 aromatic heterocycles. The first-order valence-corrected chi connectivity index (χ1v) is 11.4. The second kappa shape index (κ2) is 9.39. The number of methoxy groups -OCH3 is 2. The molecular weight excluding hydrogens is 462 g/mol. The Balaban J connectivity index is 1.37. The Morgan fingerprint density at radius 3 is 2.61 bits per heavy atom. The Hall–Kier alpha value is -4.30. The maximum Gasteiger partial charge on any atom is 0.264 e. The number of ether oxygens (including phenoxy) is 4. The summed E-state index contributed by atoms with van der Waals surface area (Å²) in [6.07, 6.45) is 2.61. The molecule has 0 fully saturated rings. The lowest BCUT2D eigenvalue weighted by molar-refractivity contribution is -0.140. The fraction of sp³-hybridized carbons (Fsp3) is 0.214. The fourth-order valence-corrected chi connectivity index (χ4v) is 4.51. The Morgan fingerprint density at radius 2 is 1.81 bits per heavy atom. The van der Waals surface area contributed by atoms with Gasteiger partial charge in [0.25, 0.3) is 5.91 Å². The first kappa shape index (κ1) is 23.4. The summed E-state index contributed by atoms with van der Waals surface area (Å²) >= 11 is 0. The van der Waals surface area contributed by atoms with Gasteiger partial charge in [-0.2, -0.15) is 0 Å². The Kier molecular flexibility index (Phi) is 6.12. The molecule has 0 saturated carbocycles. The monoisotopic (exact) mass is 487 g/mol. The second-order valence-corrected chi connectivity index (χ2v) is 8.55. The van der Waals surface area contributed by atoms with Gasteiger partial charge >= 0.3 is 0 Å². The molecule has 0 saturated heterocycles. The number of hydrogen-bond acceptors (Lipinski definition) is 7. The van der Waals surface area contributed by atoms with E-state index in [1.54, 1.807) is 74.9 Å². The molecule has 5 rings (SSSR count). The predicted molar refractivity (Wildman–Crippen MR) is 132 cm³/mol. The minimum absolute atomic E-state index is 0.162. The standard InChI is InChI=1S/C28H25NO7/c1-33-23-11-9-19(14-25(23)34-2)16-29-22-6-4-3-5-21(22)28(32,27(29)31)15-20(30)10-7-18-8-12-24-26(13-18)36-17-35-24/h3-14,32H,15-17H2,1-2H3/b10-7+/t28-/m1/s1. The summed E-state index contributed by atoms with van der Waals surface area (Å²) in [5, 5.41) is 11.5. The predicted octanol–water partition coefficient (Wildman–Crippen LogP) is 3.84. The minimum Gasteiger partial charge on any atom is -0.493 e. The van der Waals surface area contributed by atoms with Crippen molar-refractivity contribution in [3.05, 3.63) is 83.4 Å². The van der Waals surface area contributed by atoms with Gasteiger partial charge in [0.1, 0.15) is 0 Å². The molecule has 0 unspecified atom stereocenters. The summed E-state index contributed by atoms with van der Waals surface area (Å²) in [5.41, 5.74) is 0.526. The third kappa shape index (κ3) is 4.16. The molecule has 8 nitrogen and oxygen atoms in total. The van der Waals surface area contributed by atoms with Gasteiger partial charge in [-0.05, 0) is 47.5 Å². The van der Waals surface area contributed by atoms with Gasteiger partial charge in [-0.15, -0.1) is 0 Å². The Bertz CT molecular complexity index is 1370. The number of nitrogens with zero attached hydrogens (tertiary/aromatic N) is 1. The van der Waals surface area contributed by atoms with Crippen LogP contribution in [0.2, 0.25) is 0 Å². The highest BCUT2D eigenvalue weighted by molar-refractivity contribution is 6.10. The van der Waals surface area contributed by atoms with Crippen LogP contribution in [-0.4, -0.2) is 37.8 Å². The first-order chi connectivity index (χ1) is 17.4. The van der Waals surface area contributed by atoms with E-state index in [-0.39, 0.29) is 25.5 Å². The molecule has 0 aliphatic carbocycles. The van der Waals surface area contributed by atoms with Crippen molar-refractivity contribution >= 4 is 23.5 Å². The summed E-state index contributed by atoms with van der Waals surface area (Å²) in [6.45, 7) is 0.357. The van der Waals surface area contributed by atoms with Gasteiger partial charge < -0.3 is 29.0 Å². The molecule has 2 heterocycles. The van der Waals surface area contributed by atoms with Gasteiger partial charge in [-0.1, -0.05) is 36.4 Å². The van der Waals surface area contributed by atoms with Crippen LogP contribution in [0.5, 0.6) is 23.0 Å². The molecule has 2 aliphatic heterocycles. The van der Waals surface area contributed by atoms with Crippen LogP contribution in [0.15, 0.2) is 66.7 Å². The molecule has 0 bridgehead atoms. The molecule has 2 aliphatic rings. The molecule has 0 spiro atoms. The van der Waals surface area contributed by atoms with Crippen LogP contribution in [0.4, 0.5) is 5.69 Å². The normalized spacial score (nSPS) is 18.0. The maximum absolute atomic E-state index is 13.5. The first-order valence-electron chi connectivity index (χ1n) is 11.4. The number of amides is 1. The zero-order valence-electron chi connectivity index (χ0n) is 19.9. The summed E-state index contributed by atoms with van der Waals surface area (Å²) < 4.78 is 21.3. The van der Waals surface area contributed by atoms with Crippen molar-refractivity contribution in [1.82, 2.24) is 0 Å². The van der Waals surface area contributed by atoms with E-state index in [0.717, 1.165) is 11.1 Å². The summed E-state index contributed by atoms with van der Waals surface area (Å²) in [5.74, 6) is 1.43. The fourth-order valence-electron chi connectivity index (χ4n) is 4.51. The van der Waals surface area contributed by atoms with Gasteiger partial charge in [-0.25, -0.2) is 0 Å². The average Bonchev–Trinajstić information content (AvgIpc) is 3.44. The highest BCUT2D eigenvalue weighted by Gasteiger charge is 2.50. The summed E-state index contributed by atoms with van der Waals surface area (Å²) in [4.78, 5) is 27.9. The van der Waals surface area contributed by atoms with Crippen LogP contribution in [0.3, 0.4) is 0 Å². The number of carbonyl (C=O) groups excluding carboxylic acids is 2. The van der Waals surface area contributed by atoms with E-state index >= 15 is 0 Å². The van der Waals surface area contributed by atoms with Crippen molar-refractivity contribution < 1.29 is 33.6 Å². The van der Waals surface area contributed by atoms with Crippen LogP contribution in [0, 0.1) is 0 Å². The number of aliphatic hydroxyl groups is 1. The van der Waals surface area contributed by atoms with Crippen molar-refractivity contribution in [2.75, 3.05) is 25.9 Å². The van der Waals surface area contributed by atoms with E-state index in [0.29, 0.717) is 34.2 Å². The maximum atomic E-state index is 13.5. The smallest absolute Gasteiger partial charge is 0.264 e. The zero-order valence-corrected chi connectivity index (χ0v) is 19.9. The van der Waals surface area contributed by atoms with Gasteiger partial charge in [0.15, 0.2) is 34.4 Å². The highest BCUT2D eigenvalue weighted by Crippen LogP contribution is 2.43. The lowest BCUT2D eigenvalue weighted by atomic mass is 9.89. The van der Waals surface area contributed by atoms with Crippen molar-refractivity contribution in [1.29, 1.82) is 0 Å². The van der Waals surface area contributed by atoms with Crippen LogP contribution in [-0.2, 0) is 21.7 Å². The number of allylic oxidation sites excluding steroid dienone is 1. The summed E-state index contributed by atoms with van der Waals surface area (Å²) in [7, 11) is 3.09. The van der Waals surface area contributed by atoms with Crippen molar-refractivity contribution in [2.45, 2.75) is 18.6 Å². The molecule has 36 heavy (non-hydrogen) atoms. The minimum atomic E-state index is -1.97. The lowest BCUT2D eigenvalue weighted by Gasteiger charge is -2.22. The second-order valence-electron chi connectivity index (χ2n) is 8.55. The number of carbonyl (C=O) groups is 2. The van der Waals surface area contributed by atoms with Gasteiger partial charge in [0, 0.05) is 5.56 Å². The SMILES string of the molecule is COc1ccc(CN2C(=O)[C@@](O)(CC(=O)/C=C/c3ccc4c(c3)OCO4)c3ccccc32)cc1OC. The molecule has 1 atom stereocenters. The quantitative estimate of drug-likeness (QED) is 0.483. The highest BCUT2D eigenvalue weighted by atomic mass is 16.7. The van der Waals surface area contributed by atoms with Crippen LogP contribution in [0.1, 0.15) is 23.1 Å². The number of anilines is 1. The van der Waals surface area contributed by atoms with Crippen molar-refractivity contribution in [3.8, 4) is 23.0 Å². The van der Waals surface area contributed by atoms with Crippen molar-refractivity contribution in [3.63, 3.8) is 0 Å². The number of para-hydroxylation sites is 1. The van der Waals surface area contributed by atoms with E-state index in [1.165, 1.54) is 11.0 Å². The van der Waals surface area contributed by atoms with Crippen LogP contribution in [0.25, 0.3) is 6.08 Å². The van der Waals surface area contributed by atoms with E-state index in [9.17, 15) is 14.7 Å². The largest absolute Gasteiger partial charge is 0.493 e. The topological polar surface area (TPSA) is 94.5 Å². The number of rotatable bonds is 8. The van der Waals surface area contributed by atoms with E-state index in [4.69, 9.17) is 18.9 Å². The molecule has 8 heteroatoms. The number of hydrogen-bond donors (Lipinski definition) is 1. The number of ketones is 1. The third-order valence-electron chi connectivity index (χ3n) is 6.32. The van der Waals surface area contributed by atoms with Crippen LogP contribution < -0.4 is 23.8 Å². The van der Waals surface area contributed by atoms with E-state index in [2.05, 4.69) is 0 Å². The molecule has 3 aromatic carbocycles. The Labute approximate surface area is 208 Å². The molecule has 1 N–H and O–H groups in total. The van der Waals surface area contributed by atoms with Gasteiger partial charge in [0.2, 0.25) is 6.79 Å². The molecule has 0 radical (unpaired) electrons. The average molecular weight is 488 g/mol. The Morgan fingerprint density at radius 1 is 1.03 bits per heavy atom. The molecule has 3 aromatic rings. The van der Waals surface area contributed by atoms with Crippen LogP contribution >= 0.6 is 0 Å². The third-order valence-corrected chi connectivity index (χ3v) is 6.32. The number of benzene rings is 3. The van der Waals surface area contributed by atoms with Crippen molar-refractivity contribution in [2.24, 2.45) is 0 Å². The molecular formula is C28H25NO7. The number of fused-ring (bicyclic) bond motifs is 2.